The third kappa shape index (κ3) is 2.66. The molecular weight excluding hydrogens is 380 g/mol. The van der Waals surface area contributed by atoms with Gasteiger partial charge in [-0.2, -0.15) is 0 Å². The minimum atomic E-state index is -3.58. The summed E-state index contributed by atoms with van der Waals surface area (Å²) in [5, 5.41) is 2.89. The van der Waals surface area contributed by atoms with Gasteiger partial charge in [-0.05, 0) is 50.7 Å². The molecule has 4 rings (SSSR count). The van der Waals surface area contributed by atoms with Crippen molar-refractivity contribution in [1.82, 2.24) is 14.7 Å². The van der Waals surface area contributed by atoms with Crippen LogP contribution >= 0.6 is 0 Å². The normalized spacial score (nSPS) is 15.5. The number of rotatable bonds is 4. The van der Waals surface area contributed by atoms with E-state index in [0.717, 1.165) is 16.8 Å². The Morgan fingerprint density at radius 1 is 1.18 bits per heavy atom. The summed E-state index contributed by atoms with van der Waals surface area (Å²) in [7, 11) is -0.749. The van der Waals surface area contributed by atoms with E-state index in [4.69, 9.17) is 4.74 Å². The Hall–Kier alpha value is -2.91. The molecule has 0 atom stereocenters. The molecule has 3 N–H and O–H groups in total. The predicted octanol–water partition coefficient (Wildman–Crippen LogP) is 2.38. The molecule has 1 aromatic heterocycles. The lowest BCUT2D eigenvalue weighted by atomic mass is 9.86. The van der Waals surface area contributed by atoms with Gasteiger partial charge in [-0.1, -0.05) is 0 Å². The number of benzene rings is 2. The Morgan fingerprint density at radius 3 is 2.61 bits per heavy atom. The van der Waals surface area contributed by atoms with E-state index in [1.54, 1.807) is 6.07 Å². The van der Waals surface area contributed by atoms with Crippen LogP contribution in [0, 0.1) is 0 Å². The number of imidazole rings is 1. The number of nitrogens with one attached hydrogen (secondary N) is 3. The molecule has 1 aliphatic heterocycles. The van der Waals surface area contributed by atoms with Crippen LogP contribution in [0.4, 0.5) is 5.69 Å². The van der Waals surface area contributed by atoms with Gasteiger partial charge in [-0.25, -0.2) is 18.1 Å². The van der Waals surface area contributed by atoms with Crippen LogP contribution in [0.3, 0.4) is 0 Å². The van der Waals surface area contributed by atoms with Gasteiger partial charge in [0.1, 0.15) is 11.6 Å². The summed E-state index contributed by atoms with van der Waals surface area (Å²) in [6.07, 6.45) is 0. The fraction of sp³-hybridized carbons (Fsp3) is 0.263. The SMILES string of the molecule is CNS(=O)(=O)c1ccc(-c2nc3cc4c(cc3[nH]2)C(C)(C)C(=O)N4)c(OC)c1. The lowest BCUT2D eigenvalue weighted by Crippen LogP contribution is -2.26. The smallest absolute Gasteiger partial charge is 0.240 e. The van der Waals surface area contributed by atoms with Gasteiger partial charge in [0.05, 0.1) is 34.0 Å². The Kier molecular flexibility index (Phi) is 3.98. The second kappa shape index (κ2) is 6.05. The number of methoxy groups -OCH3 is 1. The van der Waals surface area contributed by atoms with Gasteiger partial charge in [0, 0.05) is 11.8 Å². The molecule has 9 heteroatoms. The number of hydrogen-bond acceptors (Lipinski definition) is 5. The molecule has 0 radical (unpaired) electrons. The molecule has 146 valence electrons. The van der Waals surface area contributed by atoms with E-state index >= 15 is 0 Å². The molecule has 0 saturated heterocycles. The van der Waals surface area contributed by atoms with Crippen molar-refractivity contribution >= 4 is 32.7 Å². The van der Waals surface area contributed by atoms with Gasteiger partial charge >= 0.3 is 0 Å². The van der Waals surface area contributed by atoms with Gasteiger partial charge in [-0.15, -0.1) is 0 Å². The first-order valence-electron chi connectivity index (χ1n) is 8.65. The van der Waals surface area contributed by atoms with Gasteiger partial charge in [0.15, 0.2) is 0 Å². The highest BCUT2D eigenvalue weighted by Crippen LogP contribution is 2.40. The van der Waals surface area contributed by atoms with Crippen molar-refractivity contribution in [2.45, 2.75) is 24.2 Å². The number of hydrogen-bond donors (Lipinski definition) is 3. The maximum Gasteiger partial charge on any atom is 0.240 e. The molecule has 0 saturated carbocycles. The number of nitrogens with zero attached hydrogens (tertiary/aromatic N) is 1. The summed E-state index contributed by atoms with van der Waals surface area (Å²) >= 11 is 0. The van der Waals surface area contributed by atoms with Gasteiger partial charge in [0.25, 0.3) is 0 Å². The summed E-state index contributed by atoms with van der Waals surface area (Å²) in [4.78, 5) is 20.1. The van der Waals surface area contributed by atoms with Gasteiger partial charge < -0.3 is 15.0 Å². The average Bonchev–Trinajstić information content (AvgIpc) is 3.17. The molecule has 1 amide bonds. The maximum absolute atomic E-state index is 12.2. The van der Waals surface area contributed by atoms with E-state index in [2.05, 4.69) is 20.0 Å². The molecule has 2 aromatic carbocycles. The van der Waals surface area contributed by atoms with Crippen molar-refractivity contribution in [3.8, 4) is 17.1 Å². The molecule has 2 heterocycles. The number of ether oxygens (including phenoxy) is 1. The third-order valence-electron chi connectivity index (χ3n) is 5.12. The van der Waals surface area contributed by atoms with E-state index in [1.165, 1.54) is 26.3 Å². The summed E-state index contributed by atoms with van der Waals surface area (Å²) < 4.78 is 31.7. The number of carbonyl (C=O) groups excluding carboxylic acids is 1. The highest BCUT2D eigenvalue weighted by atomic mass is 32.2. The van der Waals surface area contributed by atoms with Crippen molar-refractivity contribution in [2.24, 2.45) is 0 Å². The minimum absolute atomic E-state index is 0.0432. The fourth-order valence-corrected chi connectivity index (χ4v) is 4.10. The molecule has 28 heavy (non-hydrogen) atoms. The molecule has 0 aliphatic carbocycles. The van der Waals surface area contributed by atoms with Crippen molar-refractivity contribution in [3.63, 3.8) is 0 Å². The molecule has 8 nitrogen and oxygen atoms in total. The van der Waals surface area contributed by atoms with Crippen molar-refractivity contribution in [2.75, 3.05) is 19.5 Å². The van der Waals surface area contributed by atoms with E-state index < -0.39 is 15.4 Å². The zero-order chi connectivity index (χ0) is 20.3. The Labute approximate surface area is 162 Å². The summed E-state index contributed by atoms with van der Waals surface area (Å²) in [5.74, 6) is 0.892. The van der Waals surface area contributed by atoms with Crippen LogP contribution in [0.25, 0.3) is 22.4 Å². The van der Waals surface area contributed by atoms with Gasteiger partial charge in [0.2, 0.25) is 15.9 Å². The number of aromatic nitrogens is 2. The van der Waals surface area contributed by atoms with Crippen LogP contribution in [0.15, 0.2) is 35.2 Å². The third-order valence-corrected chi connectivity index (χ3v) is 6.53. The molecule has 0 bridgehead atoms. The zero-order valence-corrected chi connectivity index (χ0v) is 16.7. The number of aromatic amines is 1. The highest BCUT2D eigenvalue weighted by molar-refractivity contribution is 7.89. The topological polar surface area (TPSA) is 113 Å². The van der Waals surface area contributed by atoms with Crippen molar-refractivity contribution in [3.05, 3.63) is 35.9 Å². The van der Waals surface area contributed by atoms with Crippen molar-refractivity contribution < 1.29 is 17.9 Å². The van der Waals surface area contributed by atoms with Crippen LogP contribution in [0.1, 0.15) is 19.4 Å². The Bertz CT molecular complexity index is 1230. The highest BCUT2D eigenvalue weighted by Gasteiger charge is 2.38. The first kappa shape index (κ1) is 18.5. The first-order valence-corrected chi connectivity index (χ1v) is 10.1. The number of sulfonamides is 1. The number of anilines is 1. The molecule has 3 aromatic rings. The number of carbonyl (C=O) groups is 1. The number of H-pyrrole nitrogens is 1. The summed E-state index contributed by atoms with van der Waals surface area (Å²) in [5.41, 5.74) is 3.16. The van der Waals surface area contributed by atoms with E-state index in [1.807, 2.05) is 26.0 Å². The van der Waals surface area contributed by atoms with Gasteiger partial charge in [-0.3, -0.25) is 4.79 Å². The number of fused-ring (bicyclic) bond motifs is 2. The Morgan fingerprint density at radius 2 is 1.93 bits per heavy atom. The largest absolute Gasteiger partial charge is 0.496 e. The molecule has 0 fully saturated rings. The molecular formula is C19H20N4O4S. The van der Waals surface area contributed by atoms with Crippen LogP contribution in [0.5, 0.6) is 5.75 Å². The quantitative estimate of drug-likeness (QED) is 0.622. The number of amides is 1. The van der Waals surface area contributed by atoms with Crippen LogP contribution in [0.2, 0.25) is 0 Å². The molecule has 0 spiro atoms. The van der Waals surface area contributed by atoms with E-state index in [0.29, 0.717) is 22.7 Å². The summed E-state index contributed by atoms with van der Waals surface area (Å²) in [6, 6.07) is 8.37. The maximum atomic E-state index is 12.2. The molecule has 1 aliphatic rings. The van der Waals surface area contributed by atoms with Crippen LogP contribution < -0.4 is 14.8 Å². The monoisotopic (exact) mass is 400 g/mol. The zero-order valence-electron chi connectivity index (χ0n) is 15.9. The summed E-state index contributed by atoms with van der Waals surface area (Å²) in [6.45, 7) is 3.75. The standard InChI is InChI=1S/C19H20N4O4S/c1-19(2)12-8-14-15(9-13(12)23-18(19)24)22-17(21-14)11-6-5-10(7-16(11)27-4)28(25,26)20-3/h5-9,20H,1-4H3,(H,21,22)(H,23,24). The minimum Gasteiger partial charge on any atom is -0.496 e. The van der Waals surface area contributed by atoms with Crippen LogP contribution in [-0.4, -0.2) is 38.5 Å². The fourth-order valence-electron chi connectivity index (χ4n) is 3.36. The second-order valence-electron chi connectivity index (χ2n) is 7.15. The first-order chi connectivity index (χ1) is 13.2. The van der Waals surface area contributed by atoms with E-state index in [-0.39, 0.29) is 10.8 Å². The van der Waals surface area contributed by atoms with Crippen LogP contribution in [-0.2, 0) is 20.2 Å². The van der Waals surface area contributed by atoms with E-state index in [9.17, 15) is 13.2 Å². The lowest BCUT2D eigenvalue weighted by Gasteiger charge is -2.14. The lowest BCUT2D eigenvalue weighted by molar-refractivity contribution is -0.119. The average molecular weight is 400 g/mol. The second-order valence-corrected chi connectivity index (χ2v) is 9.04. The predicted molar refractivity (Wildman–Crippen MR) is 106 cm³/mol. The Balaban J connectivity index is 1.84. The molecule has 0 unspecified atom stereocenters. The van der Waals surface area contributed by atoms with Crippen molar-refractivity contribution in [1.29, 1.82) is 0 Å².